The van der Waals surface area contributed by atoms with Gasteiger partial charge in [-0.3, -0.25) is 4.79 Å². The van der Waals surface area contributed by atoms with Crippen molar-refractivity contribution in [1.82, 2.24) is 5.32 Å². The molecule has 2 aliphatic rings. The van der Waals surface area contributed by atoms with Crippen LogP contribution >= 0.6 is 12.4 Å². The lowest BCUT2D eigenvalue weighted by Gasteiger charge is -2.42. The highest BCUT2D eigenvalue weighted by molar-refractivity contribution is 5.85. The van der Waals surface area contributed by atoms with Gasteiger partial charge in [-0.1, -0.05) is 26.2 Å². The van der Waals surface area contributed by atoms with E-state index in [2.05, 4.69) is 12.2 Å². The van der Waals surface area contributed by atoms with Gasteiger partial charge < -0.3 is 11.1 Å². The molecule has 0 radical (unpaired) electrons. The SMILES string of the molecule is CCC1(CNC(=O)C2(CN)CCCC2)CCC1.Cl. The number of amides is 1. The molecule has 0 aromatic rings. The van der Waals surface area contributed by atoms with Crippen LogP contribution in [0.1, 0.15) is 58.3 Å². The fourth-order valence-electron chi connectivity index (χ4n) is 3.36. The van der Waals surface area contributed by atoms with E-state index < -0.39 is 0 Å². The minimum Gasteiger partial charge on any atom is -0.355 e. The van der Waals surface area contributed by atoms with Crippen molar-refractivity contribution in [3.8, 4) is 0 Å². The van der Waals surface area contributed by atoms with Crippen molar-refractivity contribution in [3.63, 3.8) is 0 Å². The maximum Gasteiger partial charge on any atom is 0.227 e. The summed E-state index contributed by atoms with van der Waals surface area (Å²) in [6, 6.07) is 0. The molecule has 4 heteroatoms. The van der Waals surface area contributed by atoms with Crippen molar-refractivity contribution in [1.29, 1.82) is 0 Å². The first-order valence-corrected chi connectivity index (χ1v) is 7.15. The molecular formula is C14H27ClN2O. The van der Waals surface area contributed by atoms with Gasteiger partial charge in [0.05, 0.1) is 5.41 Å². The Morgan fingerprint density at radius 1 is 1.17 bits per heavy atom. The Hall–Kier alpha value is -0.280. The third kappa shape index (κ3) is 2.83. The zero-order valence-electron chi connectivity index (χ0n) is 11.5. The van der Waals surface area contributed by atoms with Gasteiger partial charge in [-0.25, -0.2) is 0 Å². The van der Waals surface area contributed by atoms with Crippen molar-refractivity contribution < 1.29 is 4.79 Å². The second kappa shape index (κ2) is 6.25. The highest BCUT2D eigenvalue weighted by Crippen LogP contribution is 2.43. The minimum absolute atomic E-state index is 0. The molecule has 3 N–H and O–H groups in total. The van der Waals surface area contributed by atoms with E-state index in [9.17, 15) is 4.79 Å². The molecule has 0 aliphatic heterocycles. The average molecular weight is 275 g/mol. The predicted molar refractivity (Wildman–Crippen MR) is 76.8 cm³/mol. The van der Waals surface area contributed by atoms with Gasteiger partial charge in [0.1, 0.15) is 0 Å². The molecule has 18 heavy (non-hydrogen) atoms. The standard InChI is InChI=1S/C14H26N2O.ClH/c1-2-13(6-5-7-13)11-16-12(17)14(10-15)8-3-4-9-14;/h2-11,15H2,1H3,(H,16,17);1H. The zero-order valence-corrected chi connectivity index (χ0v) is 12.3. The Morgan fingerprint density at radius 3 is 2.17 bits per heavy atom. The number of halogens is 1. The Bertz CT molecular complexity index is 278. The number of carbonyl (C=O) groups is 1. The number of hydrogen-bond donors (Lipinski definition) is 2. The van der Waals surface area contributed by atoms with Crippen LogP contribution in [-0.4, -0.2) is 19.0 Å². The van der Waals surface area contributed by atoms with Gasteiger partial charge in [0.15, 0.2) is 0 Å². The smallest absolute Gasteiger partial charge is 0.227 e. The minimum atomic E-state index is -0.237. The first-order chi connectivity index (χ1) is 8.16. The van der Waals surface area contributed by atoms with Gasteiger partial charge >= 0.3 is 0 Å². The van der Waals surface area contributed by atoms with E-state index in [-0.39, 0.29) is 23.7 Å². The number of nitrogens with one attached hydrogen (secondary N) is 1. The van der Waals surface area contributed by atoms with Crippen LogP contribution in [0.2, 0.25) is 0 Å². The summed E-state index contributed by atoms with van der Waals surface area (Å²) in [5.74, 6) is 0.220. The maximum atomic E-state index is 12.3. The molecule has 0 aromatic heterocycles. The van der Waals surface area contributed by atoms with Gasteiger partial charge in [-0.2, -0.15) is 0 Å². The number of rotatable bonds is 5. The number of carbonyl (C=O) groups excluding carboxylic acids is 1. The molecule has 2 fully saturated rings. The summed E-state index contributed by atoms with van der Waals surface area (Å²) < 4.78 is 0. The van der Waals surface area contributed by atoms with Crippen molar-refractivity contribution in [2.45, 2.75) is 58.3 Å². The molecule has 0 heterocycles. The van der Waals surface area contributed by atoms with Crippen molar-refractivity contribution >= 4 is 18.3 Å². The molecule has 0 unspecified atom stereocenters. The Kier molecular flexibility index (Phi) is 5.47. The van der Waals surface area contributed by atoms with Crippen LogP contribution < -0.4 is 11.1 Å². The second-order valence-electron chi connectivity index (χ2n) is 6.08. The van der Waals surface area contributed by atoms with E-state index >= 15 is 0 Å². The van der Waals surface area contributed by atoms with Crippen molar-refractivity contribution in [2.24, 2.45) is 16.6 Å². The molecule has 0 spiro atoms. The summed E-state index contributed by atoms with van der Waals surface area (Å²) in [5.41, 5.74) is 6.00. The highest BCUT2D eigenvalue weighted by atomic mass is 35.5. The molecule has 0 aromatic carbocycles. The van der Waals surface area contributed by atoms with Crippen LogP contribution in [0.5, 0.6) is 0 Å². The normalized spacial score (nSPS) is 23.9. The fraction of sp³-hybridized carbons (Fsp3) is 0.929. The van der Waals surface area contributed by atoms with Crippen LogP contribution in [0.25, 0.3) is 0 Å². The third-order valence-electron chi connectivity index (χ3n) is 5.22. The molecular weight excluding hydrogens is 248 g/mol. The maximum absolute atomic E-state index is 12.3. The lowest BCUT2D eigenvalue weighted by Crippen LogP contribution is -2.49. The topological polar surface area (TPSA) is 55.1 Å². The molecule has 2 aliphatic carbocycles. The molecule has 1 amide bonds. The van der Waals surface area contributed by atoms with Crippen LogP contribution in [-0.2, 0) is 4.79 Å². The molecule has 2 saturated carbocycles. The summed E-state index contributed by atoms with van der Waals surface area (Å²) in [6.07, 6.45) is 9.34. The molecule has 0 bridgehead atoms. The number of hydrogen-bond acceptors (Lipinski definition) is 2. The summed E-state index contributed by atoms with van der Waals surface area (Å²) >= 11 is 0. The largest absolute Gasteiger partial charge is 0.355 e. The number of nitrogens with two attached hydrogens (primary N) is 1. The summed E-state index contributed by atoms with van der Waals surface area (Å²) in [6.45, 7) is 3.61. The van der Waals surface area contributed by atoms with E-state index in [0.717, 1.165) is 32.2 Å². The lowest BCUT2D eigenvalue weighted by molar-refractivity contribution is -0.131. The summed E-state index contributed by atoms with van der Waals surface area (Å²) in [4.78, 5) is 12.3. The third-order valence-corrected chi connectivity index (χ3v) is 5.22. The van der Waals surface area contributed by atoms with Gasteiger partial charge in [-0.15, -0.1) is 12.4 Å². The highest BCUT2D eigenvalue weighted by Gasteiger charge is 2.41. The molecule has 0 atom stereocenters. The van der Waals surface area contributed by atoms with E-state index in [0.29, 0.717) is 12.0 Å². The van der Waals surface area contributed by atoms with Gasteiger partial charge in [0.25, 0.3) is 0 Å². The Balaban J connectivity index is 0.00000162. The first-order valence-electron chi connectivity index (χ1n) is 7.15. The van der Waals surface area contributed by atoms with E-state index in [1.807, 2.05) is 0 Å². The van der Waals surface area contributed by atoms with Gasteiger partial charge in [0, 0.05) is 13.1 Å². The van der Waals surface area contributed by atoms with Crippen LogP contribution in [0, 0.1) is 10.8 Å². The van der Waals surface area contributed by atoms with Crippen LogP contribution in [0.3, 0.4) is 0 Å². The fourth-order valence-corrected chi connectivity index (χ4v) is 3.36. The lowest BCUT2D eigenvalue weighted by atomic mass is 9.67. The molecule has 106 valence electrons. The van der Waals surface area contributed by atoms with Gasteiger partial charge in [-0.05, 0) is 37.5 Å². The quantitative estimate of drug-likeness (QED) is 0.810. The molecule has 0 saturated heterocycles. The first kappa shape index (κ1) is 15.8. The van der Waals surface area contributed by atoms with Crippen molar-refractivity contribution in [3.05, 3.63) is 0 Å². The zero-order chi connectivity index (χ0) is 12.4. The van der Waals surface area contributed by atoms with E-state index in [4.69, 9.17) is 5.73 Å². The Morgan fingerprint density at radius 2 is 1.78 bits per heavy atom. The summed E-state index contributed by atoms with van der Waals surface area (Å²) in [7, 11) is 0. The predicted octanol–water partition coefficient (Wildman–Crippen LogP) is 2.62. The van der Waals surface area contributed by atoms with Crippen molar-refractivity contribution in [2.75, 3.05) is 13.1 Å². The molecule has 3 nitrogen and oxygen atoms in total. The van der Waals surface area contributed by atoms with Gasteiger partial charge in [0.2, 0.25) is 5.91 Å². The van der Waals surface area contributed by atoms with Crippen LogP contribution in [0.4, 0.5) is 0 Å². The average Bonchev–Trinajstić information content (AvgIpc) is 2.77. The second-order valence-corrected chi connectivity index (χ2v) is 6.08. The Labute approximate surface area is 117 Å². The van der Waals surface area contributed by atoms with Crippen LogP contribution in [0.15, 0.2) is 0 Å². The monoisotopic (exact) mass is 274 g/mol. The van der Waals surface area contributed by atoms with E-state index in [1.165, 1.54) is 25.7 Å². The summed E-state index contributed by atoms with van der Waals surface area (Å²) in [5, 5.41) is 3.19. The van der Waals surface area contributed by atoms with E-state index in [1.54, 1.807) is 0 Å². The molecule has 2 rings (SSSR count).